The summed E-state index contributed by atoms with van der Waals surface area (Å²) in [6, 6.07) is 0. The molecule has 0 aromatic rings. The lowest BCUT2D eigenvalue weighted by Crippen LogP contribution is -2.52. The average molecular weight is 285 g/mol. The van der Waals surface area contributed by atoms with Crippen LogP contribution < -0.4 is 5.73 Å². The van der Waals surface area contributed by atoms with Crippen LogP contribution in [0.3, 0.4) is 0 Å². The van der Waals surface area contributed by atoms with Gasteiger partial charge in [0.25, 0.3) is 0 Å². The Balaban J connectivity index is 2.54. The highest BCUT2D eigenvalue weighted by Crippen LogP contribution is 2.16. The van der Waals surface area contributed by atoms with Gasteiger partial charge < -0.3 is 15.4 Å². The number of nitrogens with zero attached hydrogens (tertiary/aromatic N) is 2. The van der Waals surface area contributed by atoms with Gasteiger partial charge in [0.2, 0.25) is 5.91 Å². The summed E-state index contributed by atoms with van der Waals surface area (Å²) in [6.45, 7) is 14.6. The van der Waals surface area contributed by atoms with Gasteiger partial charge in [-0.3, -0.25) is 9.69 Å². The van der Waals surface area contributed by atoms with Crippen molar-refractivity contribution >= 4 is 5.91 Å². The second-order valence-corrected chi connectivity index (χ2v) is 6.73. The van der Waals surface area contributed by atoms with E-state index in [0.717, 1.165) is 13.1 Å². The molecule has 2 unspecified atom stereocenters. The number of rotatable bonds is 6. The first-order valence-electron chi connectivity index (χ1n) is 7.63. The zero-order chi connectivity index (χ0) is 15.3. The van der Waals surface area contributed by atoms with Gasteiger partial charge in [0.1, 0.15) is 0 Å². The molecule has 0 aromatic carbocycles. The van der Waals surface area contributed by atoms with E-state index in [4.69, 9.17) is 10.5 Å². The molecule has 1 aliphatic heterocycles. The second kappa shape index (κ2) is 7.38. The van der Waals surface area contributed by atoms with E-state index in [1.807, 2.05) is 18.7 Å². The maximum atomic E-state index is 12.4. The normalized spacial score (nSPS) is 24.2. The van der Waals surface area contributed by atoms with Gasteiger partial charge in [-0.2, -0.15) is 0 Å². The summed E-state index contributed by atoms with van der Waals surface area (Å²) < 4.78 is 5.67. The topological polar surface area (TPSA) is 58.8 Å². The van der Waals surface area contributed by atoms with E-state index >= 15 is 0 Å². The van der Waals surface area contributed by atoms with Gasteiger partial charge in [-0.15, -0.1) is 0 Å². The fourth-order valence-corrected chi connectivity index (χ4v) is 2.62. The lowest BCUT2D eigenvalue weighted by atomic mass is 9.93. The number of carbonyl (C=O) groups excluding carboxylic acids is 1. The van der Waals surface area contributed by atoms with Crippen LogP contribution in [0.4, 0.5) is 0 Å². The van der Waals surface area contributed by atoms with E-state index in [1.165, 1.54) is 0 Å². The molecule has 118 valence electrons. The number of amides is 1. The van der Waals surface area contributed by atoms with Crippen LogP contribution in [0.15, 0.2) is 0 Å². The average Bonchev–Trinajstić information content (AvgIpc) is 2.36. The highest BCUT2D eigenvalue weighted by atomic mass is 16.5. The third kappa shape index (κ3) is 5.38. The standard InChI is InChI=1S/C15H31N3O2/c1-6-17(11-15(4,5)10-16)9-14(19)18-7-12(2)20-13(3)8-18/h12-13H,6-11,16H2,1-5H3. The van der Waals surface area contributed by atoms with E-state index in [0.29, 0.717) is 26.2 Å². The summed E-state index contributed by atoms with van der Waals surface area (Å²) in [5.74, 6) is 0.196. The fourth-order valence-electron chi connectivity index (χ4n) is 2.62. The minimum Gasteiger partial charge on any atom is -0.372 e. The Hall–Kier alpha value is -0.650. The molecule has 2 atom stereocenters. The first-order valence-corrected chi connectivity index (χ1v) is 7.63. The van der Waals surface area contributed by atoms with Crippen LogP contribution in [0.1, 0.15) is 34.6 Å². The summed E-state index contributed by atoms with van der Waals surface area (Å²) in [6.07, 6.45) is 0.247. The summed E-state index contributed by atoms with van der Waals surface area (Å²) in [4.78, 5) is 16.5. The van der Waals surface area contributed by atoms with Crippen LogP contribution in [0, 0.1) is 5.41 Å². The molecule has 1 fully saturated rings. The van der Waals surface area contributed by atoms with Crippen molar-refractivity contribution in [3.8, 4) is 0 Å². The third-order valence-electron chi connectivity index (χ3n) is 3.78. The maximum Gasteiger partial charge on any atom is 0.236 e. The molecule has 5 heteroatoms. The van der Waals surface area contributed by atoms with Crippen LogP contribution in [-0.4, -0.2) is 67.2 Å². The van der Waals surface area contributed by atoms with Crippen molar-refractivity contribution in [3.05, 3.63) is 0 Å². The molecule has 1 rings (SSSR count). The van der Waals surface area contributed by atoms with Crippen molar-refractivity contribution in [2.75, 3.05) is 39.3 Å². The number of nitrogens with two attached hydrogens (primary N) is 1. The monoisotopic (exact) mass is 285 g/mol. The minimum absolute atomic E-state index is 0.0435. The molecule has 2 N–H and O–H groups in total. The molecule has 1 heterocycles. The highest BCUT2D eigenvalue weighted by Gasteiger charge is 2.28. The Bertz CT molecular complexity index is 310. The molecule has 5 nitrogen and oxygen atoms in total. The molecule has 1 amide bonds. The predicted molar refractivity (Wildman–Crippen MR) is 81.5 cm³/mol. The van der Waals surface area contributed by atoms with Crippen molar-refractivity contribution in [1.82, 2.24) is 9.80 Å². The Morgan fingerprint density at radius 1 is 1.35 bits per heavy atom. The molecule has 0 saturated carbocycles. The molecular weight excluding hydrogens is 254 g/mol. The molecule has 0 aliphatic carbocycles. The number of hydrogen-bond acceptors (Lipinski definition) is 4. The fraction of sp³-hybridized carbons (Fsp3) is 0.933. The quantitative estimate of drug-likeness (QED) is 0.789. The van der Waals surface area contributed by atoms with Gasteiger partial charge in [-0.1, -0.05) is 20.8 Å². The molecule has 1 aliphatic rings. The largest absolute Gasteiger partial charge is 0.372 e. The van der Waals surface area contributed by atoms with Gasteiger partial charge in [-0.05, 0) is 32.4 Å². The van der Waals surface area contributed by atoms with E-state index in [9.17, 15) is 4.79 Å². The Morgan fingerprint density at radius 2 is 1.90 bits per heavy atom. The van der Waals surface area contributed by atoms with Crippen LogP contribution in [0.5, 0.6) is 0 Å². The first-order chi connectivity index (χ1) is 9.27. The number of hydrogen-bond donors (Lipinski definition) is 1. The Labute approximate surface area is 123 Å². The third-order valence-corrected chi connectivity index (χ3v) is 3.78. The van der Waals surface area contributed by atoms with E-state index in [-0.39, 0.29) is 23.5 Å². The zero-order valence-corrected chi connectivity index (χ0v) is 13.7. The molecule has 0 bridgehead atoms. The SMILES string of the molecule is CCN(CC(=O)N1CC(C)OC(C)C1)CC(C)(C)CN. The van der Waals surface area contributed by atoms with Crippen molar-refractivity contribution < 1.29 is 9.53 Å². The smallest absolute Gasteiger partial charge is 0.236 e. The van der Waals surface area contributed by atoms with Crippen molar-refractivity contribution in [3.63, 3.8) is 0 Å². The van der Waals surface area contributed by atoms with E-state index in [2.05, 4.69) is 25.7 Å². The lowest BCUT2D eigenvalue weighted by Gasteiger charge is -2.37. The molecule has 1 saturated heterocycles. The predicted octanol–water partition coefficient (Wildman–Crippen LogP) is 0.929. The molecule has 20 heavy (non-hydrogen) atoms. The van der Waals surface area contributed by atoms with Crippen LogP contribution in [0.2, 0.25) is 0 Å². The van der Waals surface area contributed by atoms with Gasteiger partial charge >= 0.3 is 0 Å². The van der Waals surface area contributed by atoms with Gasteiger partial charge in [-0.25, -0.2) is 0 Å². The van der Waals surface area contributed by atoms with E-state index < -0.39 is 0 Å². The summed E-state index contributed by atoms with van der Waals surface area (Å²) in [5.41, 5.74) is 5.82. The zero-order valence-electron chi connectivity index (χ0n) is 13.7. The number of carbonyl (C=O) groups is 1. The number of ether oxygens (including phenoxy) is 1. The van der Waals surface area contributed by atoms with Gasteiger partial charge in [0, 0.05) is 19.6 Å². The summed E-state index contributed by atoms with van der Waals surface area (Å²) >= 11 is 0. The second-order valence-electron chi connectivity index (χ2n) is 6.73. The van der Waals surface area contributed by atoms with E-state index in [1.54, 1.807) is 0 Å². The van der Waals surface area contributed by atoms with Crippen molar-refractivity contribution in [2.45, 2.75) is 46.8 Å². The molecule has 0 radical (unpaired) electrons. The van der Waals surface area contributed by atoms with Crippen LogP contribution >= 0.6 is 0 Å². The highest BCUT2D eigenvalue weighted by molar-refractivity contribution is 5.78. The van der Waals surface area contributed by atoms with Gasteiger partial charge in [0.15, 0.2) is 0 Å². The molecule has 0 spiro atoms. The number of likely N-dealkylation sites (N-methyl/N-ethyl adjacent to an activating group) is 1. The Morgan fingerprint density at radius 3 is 2.35 bits per heavy atom. The maximum absolute atomic E-state index is 12.4. The molecule has 0 aromatic heterocycles. The summed E-state index contributed by atoms with van der Waals surface area (Å²) in [5, 5.41) is 0. The minimum atomic E-state index is 0.0435. The van der Waals surface area contributed by atoms with Crippen molar-refractivity contribution in [2.24, 2.45) is 11.1 Å². The lowest BCUT2D eigenvalue weighted by molar-refractivity contribution is -0.144. The van der Waals surface area contributed by atoms with Crippen molar-refractivity contribution in [1.29, 1.82) is 0 Å². The Kier molecular flexibility index (Phi) is 6.43. The number of morpholine rings is 1. The first kappa shape index (κ1) is 17.4. The summed E-state index contributed by atoms with van der Waals surface area (Å²) in [7, 11) is 0. The molecular formula is C15H31N3O2. The van der Waals surface area contributed by atoms with Crippen LogP contribution in [-0.2, 0) is 9.53 Å². The van der Waals surface area contributed by atoms with Gasteiger partial charge in [0.05, 0.1) is 18.8 Å². The van der Waals surface area contributed by atoms with Crippen LogP contribution in [0.25, 0.3) is 0 Å².